The number of likely N-dealkylation sites (tertiary alicyclic amines) is 1. The van der Waals surface area contributed by atoms with Gasteiger partial charge >= 0.3 is 0 Å². The Morgan fingerprint density at radius 3 is 3.00 bits per heavy atom. The van der Waals surface area contributed by atoms with Crippen molar-refractivity contribution < 1.29 is 14.0 Å². The van der Waals surface area contributed by atoms with Crippen molar-refractivity contribution in [1.29, 1.82) is 0 Å². The molecule has 2 heterocycles. The fourth-order valence-electron chi connectivity index (χ4n) is 3.88. The van der Waals surface area contributed by atoms with Gasteiger partial charge in [0.1, 0.15) is 12.0 Å². The molecular formula is C19H28N2O3. The Balaban J connectivity index is 1.51. The maximum absolute atomic E-state index is 12.4. The zero-order valence-electron chi connectivity index (χ0n) is 14.8. The summed E-state index contributed by atoms with van der Waals surface area (Å²) in [6, 6.07) is 0.589. The smallest absolute Gasteiger partial charge is 0.255 e. The minimum absolute atomic E-state index is 0.0370. The fraction of sp³-hybridized carbons (Fsp3) is 0.684. The lowest BCUT2D eigenvalue weighted by molar-refractivity contribution is 0.0921. The Morgan fingerprint density at radius 1 is 1.38 bits per heavy atom. The van der Waals surface area contributed by atoms with Crippen LogP contribution in [-0.4, -0.2) is 42.3 Å². The van der Waals surface area contributed by atoms with E-state index in [9.17, 15) is 9.59 Å². The van der Waals surface area contributed by atoms with E-state index < -0.39 is 0 Å². The summed E-state index contributed by atoms with van der Waals surface area (Å²) in [4.78, 5) is 27.0. The number of hydrogen-bond donors (Lipinski definition) is 1. The zero-order chi connectivity index (χ0) is 17.1. The summed E-state index contributed by atoms with van der Waals surface area (Å²) in [6.45, 7) is 7.44. The van der Waals surface area contributed by atoms with Crippen LogP contribution in [0.4, 0.5) is 0 Å². The predicted octanol–water partition coefficient (Wildman–Crippen LogP) is 3.04. The molecule has 0 radical (unpaired) electrons. The van der Waals surface area contributed by atoms with Gasteiger partial charge in [0.2, 0.25) is 0 Å². The van der Waals surface area contributed by atoms with E-state index in [1.54, 1.807) is 0 Å². The molecule has 1 unspecified atom stereocenters. The Kier molecular flexibility index (Phi) is 5.39. The van der Waals surface area contributed by atoms with Crippen LogP contribution in [0.3, 0.4) is 0 Å². The number of hydrogen-bond acceptors (Lipinski definition) is 4. The van der Waals surface area contributed by atoms with Crippen LogP contribution in [0.5, 0.6) is 0 Å². The first-order valence-corrected chi connectivity index (χ1v) is 9.22. The van der Waals surface area contributed by atoms with Gasteiger partial charge in [-0.3, -0.25) is 9.59 Å². The van der Waals surface area contributed by atoms with Gasteiger partial charge in [0.15, 0.2) is 5.78 Å². The third kappa shape index (κ3) is 3.72. The molecule has 1 saturated heterocycles. The first kappa shape index (κ1) is 17.2. The topological polar surface area (TPSA) is 62.6 Å². The minimum atomic E-state index is -0.174. The van der Waals surface area contributed by atoms with E-state index in [0.717, 1.165) is 25.8 Å². The number of carbonyl (C=O) groups is 2. The molecule has 1 aromatic rings. The van der Waals surface area contributed by atoms with Gasteiger partial charge in [-0.25, -0.2) is 0 Å². The highest BCUT2D eigenvalue weighted by Gasteiger charge is 2.28. The van der Waals surface area contributed by atoms with Gasteiger partial charge in [-0.2, -0.15) is 0 Å². The van der Waals surface area contributed by atoms with Crippen molar-refractivity contribution in [1.82, 2.24) is 10.2 Å². The van der Waals surface area contributed by atoms with Crippen molar-refractivity contribution in [2.75, 3.05) is 19.6 Å². The highest BCUT2D eigenvalue weighted by molar-refractivity contribution is 6.09. The number of piperidine rings is 1. The maximum atomic E-state index is 12.4. The first-order chi connectivity index (χ1) is 11.6. The van der Waals surface area contributed by atoms with Gasteiger partial charge in [-0.05, 0) is 52.0 Å². The summed E-state index contributed by atoms with van der Waals surface area (Å²) in [5.41, 5.74) is 0.935. The lowest BCUT2D eigenvalue weighted by Gasteiger charge is -2.35. The van der Waals surface area contributed by atoms with Gasteiger partial charge in [0.25, 0.3) is 5.91 Å². The number of aryl methyl sites for hydroxylation is 1. The second-order valence-corrected chi connectivity index (χ2v) is 7.37. The number of nitrogens with one attached hydrogen (secondary N) is 1. The zero-order valence-corrected chi connectivity index (χ0v) is 14.8. The predicted molar refractivity (Wildman–Crippen MR) is 92.4 cm³/mol. The fourth-order valence-corrected chi connectivity index (χ4v) is 3.88. The molecule has 0 spiro atoms. The lowest BCUT2D eigenvalue weighted by Crippen LogP contribution is -2.41. The van der Waals surface area contributed by atoms with E-state index in [1.165, 1.54) is 25.6 Å². The molecule has 1 aliphatic heterocycles. The van der Waals surface area contributed by atoms with Crippen molar-refractivity contribution in [3.8, 4) is 0 Å². The monoisotopic (exact) mass is 332 g/mol. The second-order valence-electron chi connectivity index (χ2n) is 7.37. The standard InChI is InChI=1S/C19H28N2O3/c1-13(2)21-10-4-5-14(11-21)8-9-20-19(23)15-12-24-17-7-3-6-16(22)18(15)17/h12-14H,3-11H2,1-2H3,(H,20,23). The highest BCUT2D eigenvalue weighted by atomic mass is 16.3. The number of rotatable bonds is 5. The Bertz CT molecular complexity index is 606. The van der Waals surface area contributed by atoms with Crippen LogP contribution in [0.25, 0.3) is 0 Å². The number of ketones is 1. The van der Waals surface area contributed by atoms with Crippen molar-refractivity contribution in [3.63, 3.8) is 0 Å². The number of fused-ring (bicyclic) bond motifs is 1. The maximum Gasteiger partial charge on any atom is 0.255 e. The molecule has 0 aromatic carbocycles. The molecule has 0 bridgehead atoms. The molecular weight excluding hydrogens is 304 g/mol. The van der Waals surface area contributed by atoms with Crippen LogP contribution >= 0.6 is 0 Å². The molecule has 1 N–H and O–H groups in total. The average Bonchev–Trinajstić information content (AvgIpc) is 3.00. The summed E-state index contributed by atoms with van der Waals surface area (Å²) in [5.74, 6) is 1.18. The van der Waals surface area contributed by atoms with E-state index in [4.69, 9.17) is 4.42 Å². The van der Waals surface area contributed by atoms with Crippen LogP contribution in [0, 0.1) is 5.92 Å². The number of carbonyl (C=O) groups excluding carboxylic acids is 2. The van der Waals surface area contributed by atoms with Crippen molar-refractivity contribution in [2.45, 2.75) is 58.4 Å². The van der Waals surface area contributed by atoms with Gasteiger partial charge in [-0.15, -0.1) is 0 Å². The molecule has 5 nitrogen and oxygen atoms in total. The summed E-state index contributed by atoms with van der Waals surface area (Å²) < 4.78 is 5.43. The number of nitrogens with zero attached hydrogens (tertiary/aromatic N) is 1. The third-order valence-electron chi connectivity index (χ3n) is 5.32. The summed E-state index contributed by atoms with van der Waals surface area (Å²) >= 11 is 0. The Hall–Kier alpha value is -1.62. The van der Waals surface area contributed by atoms with Gasteiger partial charge in [0, 0.05) is 32.0 Å². The van der Waals surface area contributed by atoms with E-state index in [-0.39, 0.29) is 11.7 Å². The molecule has 1 fully saturated rings. The average molecular weight is 332 g/mol. The molecule has 24 heavy (non-hydrogen) atoms. The van der Waals surface area contributed by atoms with Crippen LogP contribution in [0.15, 0.2) is 10.7 Å². The third-order valence-corrected chi connectivity index (χ3v) is 5.32. The minimum Gasteiger partial charge on any atom is -0.468 e. The van der Waals surface area contributed by atoms with Crippen molar-refractivity contribution >= 4 is 11.7 Å². The SMILES string of the molecule is CC(C)N1CCCC(CCNC(=O)c2coc3c2C(=O)CCC3)C1. The van der Waals surface area contributed by atoms with Gasteiger partial charge in [0.05, 0.1) is 11.1 Å². The lowest BCUT2D eigenvalue weighted by atomic mass is 9.93. The van der Waals surface area contributed by atoms with Crippen molar-refractivity contribution in [2.24, 2.45) is 5.92 Å². The molecule has 1 aliphatic carbocycles. The number of amides is 1. The molecule has 1 aromatic heterocycles. The molecule has 1 atom stereocenters. The normalized spacial score (nSPS) is 21.8. The van der Waals surface area contributed by atoms with E-state index in [0.29, 0.717) is 41.8 Å². The molecule has 132 valence electrons. The second kappa shape index (κ2) is 7.51. The van der Waals surface area contributed by atoms with Crippen LogP contribution < -0.4 is 5.32 Å². The van der Waals surface area contributed by atoms with Crippen LogP contribution in [0.2, 0.25) is 0 Å². The Morgan fingerprint density at radius 2 is 2.21 bits per heavy atom. The molecule has 0 saturated carbocycles. The Labute approximate surface area is 143 Å². The number of Topliss-reactive ketones (excluding diaryl/α,β-unsaturated/α-hetero) is 1. The summed E-state index contributed by atoms with van der Waals surface area (Å²) in [7, 11) is 0. The quantitative estimate of drug-likeness (QED) is 0.900. The van der Waals surface area contributed by atoms with Crippen molar-refractivity contribution in [3.05, 3.63) is 23.2 Å². The molecule has 3 rings (SSSR count). The van der Waals surface area contributed by atoms with E-state index in [2.05, 4.69) is 24.1 Å². The largest absolute Gasteiger partial charge is 0.468 e. The molecule has 2 aliphatic rings. The van der Waals surface area contributed by atoms with E-state index in [1.807, 2.05) is 0 Å². The summed E-state index contributed by atoms with van der Waals surface area (Å²) in [6.07, 6.45) is 6.99. The van der Waals surface area contributed by atoms with Crippen LogP contribution in [0.1, 0.15) is 72.4 Å². The summed E-state index contributed by atoms with van der Waals surface area (Å²) in [5, 5.41) is 2.98. The molecule has 5 heteroatoms. The highest BCUT2D eigenvalue weighted by Crippen LogP contribution is 2.26. The number of furan rings is 1. The van der Waals surface area contributed by atoms with Gasteiger partial charge < -0.3 is 14.6 Å². The van der Waals surface area contributed by atoms with Gasteiger partial charge in [-0.1, -0.05) is 0 Å². The van der Waals surface area contributed by atoms with E-state index >= 15 is 0 Å². The van der Waals surface area contributed by atoms with Crippen LogP contribution in [-0.2, 0) is 6.42 Å². The molecule has 1 amide bonds. The first-order valence-electron chi connectivity index (χ1n) is 9.22.